The van der Waals surface area contributed by atoms with Gasteiger partial charge in [-0.3, -0.25) is 9.59 Å². The van der Waals surface area contributed by atoms with E-state index in [4.69, 9.17) is 4.74 Å². The van der Waals surface area contributed by atoms with Gasteiger partial charge in [0.2, 0.25) is 5.91 Å². The second kappa shape index (κ2) is 45.9. The van der Waals surface area contributed by atoms with Crippen molar-refractivity contribution in [2.45, 2.75) is 309 Å². The van der Waals surface area contributed by atoms with Crippen LogP contribution in [0.25, 0.3) is 0 Å². The van der Waals surface area contributed by atoms with E-state index in [0.29, 0.717) is 19.3 Å². The third-order valence-corrected chi connectivity index (χ3v) is 12.2. The van der Waals surface area contributed by atoms with Crippen molar-refractivity contribution in [3.05, 3.63) is 0 Å². The van der Waals surface area contributed by atoms with E-state index in [9.17, 15) is 19.8 Å². The summed E-state index contributed by atoms with van der Waals surface area (Å²) in [5.74, 6) is -0.457. The first-order chi connectivity index (χ1) is 28.0. The van der Waals surface area contributed by atoms with Crippen LogP contribution < -0.4 is 5.32 Å². The van der Waals surface area contributed by atoms with Crippen molar-refractivity contribution < 1.29 is 24.5 Å². The Bertz CT molecular complexity index is 821. The monoisotopic (exact) mass is 808 g/mol. The van der Waals surface area contributed by atoms with Gasteiger partial charge < -0.3 is 20.3 Å². The lowest BCUT2D eigenvalue weighted by Crippen LogP contribution is -2.46. The molecule has 1 amide bonds. The van der Waals surface area contributed by atoms with E-state index in [0.717, 1.165) is 44.9 Å². The van der Waals surface area contributed by atoms with Crippen LogP contribution in [-0.4, -0.2) is 46.9 Å². The molecule has 6 nitrogen and oxygen atoms in total. The minimum atomic E-state index is -0.778. The van der Waals surface area contributed by atoms with Gasteiger partial charge in [0, 0.05) is 6.42 Å². The van der Waals surface area contributed by atoms with Gasteiger partial charge in [0.25, 0.3) is 0 Å². The summed E-state index contributed by atoms with van der Waals surface area (Å²) in [6, 6.07) is -0.691. The highest BCUT2D eigenvalue weighted by molar-refractivity contribution is 5.77. The minimum Gasteiger partial charge on any atom is -0.462 e. The number of ether oxygens (including phenoxy) is 1. The number of aliphatic hydroxyl groups is 2. The number of hydrogen-bond acceptors (Lipinski definition) is 5. The maximum atomic E-state index is 13.1. The van der Waals surface area contributed by atoms with Crippen molar-refractivity contribution in [1.29, 1.82) is 0 Å². The highest BCUT2D eigenvalue weighted by Crippen LogP contribution is 2.19. The molecular weight excluding hydrogens is 707 g/mol. The highest BCUT2D eigenvalue weighted by atomic mass is 16.5. The largest absolute Gasteiger partial charge is 0.462 e. The summed E-state index contributed by atoms with van der Waals surface area (Å²) in [5, 5.41) is 23.7. The summed E-state index contributed by atoms with van der Waals surface area (Å²) in [5.41, 5.74) is 0. The standard InChI is InChI=1S/C51H101NO5/c1-4-7-10-13-16-19-21-23-24-25-26-28-29-31-34-37-40-43-49(54)48(46-53)52-50(55)45-47(42-39-36-33-18-15-12-9-6-3)57-51(56)44-41-38-35-32-30-27-22-20-17-14-11-8-5-2/h47-49,53-54H,4-46H2,1-3H3,(H,52,55). The Morgan fingerprint density at radius 1 is 0.439 bits per heavy atom. The normalized spacial score (nSPS) is 13.1. The Balaban J connectivity index is 4.33. The molecule has 0 aromatic heterocycles. The smallest absolute Gasteiger partial charge is 0.306 e. The van der Waals surface area contributed by atoms with Crippen LogP contribution in [-0.2, 0) is 14.3 Å². The van der Waals surface area contributed by atoms with Crippen molar-refractivity contribution in [2.24, 2.45) is 0 Å². The van der Waals surface area contributed by atoms with Crippen LogP contribution in [0, 0.1) is 0 Å². The second-order valence-corrected chi connectivity index (χ2v) is 17.9. The summed E-state index contributed by atoms with van der Waals surface area (Å²) < 4.78 is 5.91. The van der Waals surface area contributed by atoms with Gasteiger partial charge in [-0.15, -0.1) is 0 Å². The van der Waals surface area contributed by atoms with E-state index in [2.05, 4.69) is 26.1 Å². The number of carbonyl (C=O) groups excluding carboxylic acids is 2. The molecule has 0 fully saturated rings. The van der Waals surface area contributed by atoms with Gasteiger partial charge in [0.05, 0.1) is 25.2 Å². The maximum Gasteiger partial charge on any atom is 0.306 e. The van der Waals surface area contributed by atoms with Gasteiger partial charge in [0.1, 0.15) is 6.10 Å². The lowest BCUT2D eigenvalue weighted by Gasteiger charge is -2.24. The number of amides is 1. The Morgan fingerprint density at radius 2 is 0.737 bits per heavy atom. The van der Waals surface area contributed by atoms with Gasteiger partial charge in [-0.2, -0.15) is 0 Å². The number of carbonyl (C=O) groups is 2. The molecule has 340 valence electrons. The number of aliphatic hydroxyl groups excluding tert-OH is 2. The summed E-state index contributed by atoms with van der Waals surface area (Å²) in [4.78, 5) is 26.0. The molecule has 0 aromatic rings. The first-order valence-electron chi connectivity index (χ1n) is 25.8. The van der Waals surface area contributed by atoms with Crippen LogP contribution in [0.3, 0.4) is 0 Å². The Morgan fingerprint density at radius 3 is 1.07 bits per heavy atom. The molecule has 0 saturated carbocycles. The lowest BCUT2D eigenvalue weighted by atomic mass is 10.0. The average Bonchev–Trinajstić information content (AvgIpc) is 3.20. The Hall–Kier alpha value is -1.14. The third-order valence-electron chi connectivity index (χ3n) is 12.2. The van der Waals surface area contributed by atoms with Gasteiger partial charge in [-0.1, -0.05) is 252 Å². The SMILES string of the molecule is CCCCCCCCCCCCCCCCCCCC(O)C(CO)NC(=O)CC(CCCCCCCCCC)OC(=O)CCCCCCCCCCCCCCC. The van der Waals surface area contributed by atoms with E-state index in [1.807, 2.05) is 0 Å². The van der Waals surface area contributed by atoms with Crippen molar-refractivity contribution >= 4 is 11.9 Å². The molecule has 0 aliphatic heterocycles. The van der Waals surface area contributed by atoms with Crippen LogP contribution in [0.15, 0.2) is 0 Å². The zero-order valence-electron chi connectivity index (χ0n) is 38.8. The molecule has 6 heteroatoms. The van der Waals surface area contributed by atoms with Crippen LogP contribution >= 0.6 is 0 Å². The molecule has 0 bridgehead atoms. The number of esters is 1. The van der Waals surface area contributed by atoms with Gasteiger partial charge in [-0.05, 0) is 25.7 Å². The summed E-state index contributed by atoms with van der Waals surface area (Å²) in [6.07, 6.45) is 48.9. The zero-order valence-corrected chi connectivity index (χ0v) is 38.8. The summed E-state index contributed by atoms with van der Waals surface area (Å²) in [6.45, 7) is 6.49. The molecule has 0 spiro atoms. The third kappa shape index (κ3) is 41.4. The van der Waals surface area contributed by atoms with E-state index in [1.165, 1.54) is 199 Å². The molecule has 0 aliphatic carbocycles. The zero-order chi connectivity index (χ0) is 41.7. The molecule has 3 atom stereocenters. The van der Waals surface area contributed by atoms with E-state index in [1.54, 1.807) is 0 Å². The summed E-state index contributed by atoms with van der Waals surface area (Å²) >= 11 is 0. The topological polar surface area (TPSA) is 95.9 Å². The fraction of sp³-hybridized carbons (Fsp3) is 0.961. The number of rotatable bonds is 47. The number of hydrogen-bond donors (Lipinski definition) is 3. The molecule has 0 radical (unpaired) electrons. The Labute approximate surface area is 356 Å². The average molecular weight is 808 g/mol. The Kier molecular flexibility index (Phi) is 45.0. The van der Waals surface area contributed by atoms with E-state index < -0.39 is 18.2 Å². The fourth-order valence-electron chi connectivity index (χ4n) is 8.26. The van der Waals surface area contributed by atoms with Crippen LogP contribution in [0.4, 0.5) is 0 Å². The fourth-order valence-corrected chi connectivity index (χ4v) is 8.26. The quantitative estimate of drug-likeness (QED) is 0.0420. The predicted octanol–water partition coefficient (Wildman–Crippen LogP) is 15.2. The molecule has 0 rings (SSSR count). The van der Waals surface area contributed by atoms with Crippen molar-refractivity contribution in [2.75, 3.05) is 6.61 Å². The van der Waals surface area contributed by atoms with E-state index in [-0.39, 0.29) is 24.9 Å². The van der Waals surface area contributed by atoms with Gasteiger partial charge in [0.15, 0.2) is 0 Å². The molecule has 0 aromatic carbocycles. The predicted molar refractivity (Wildman–Crippen MR) is 246 cm³/mol. The first kappa shape index (κ1) is 55.9. The van der Waals surface area contributed by atoms with Crippen LogP contribution in [0.5, 0.6) is 0 Å². The second-order valence-electron chi connectivity index (χ2n) is 17.9. The van der Waals surface area contributed by atoms with Gasteiger partial charge >= 0.3 is 5.97 Å². The van der Waals surface area contributed by atoms with Crippen molar-refractivity contribution in [3.63, 3.8) is 0 Å². The molecule has 3 unspecified atom stereocenters. The molecule has 3 N–H and O–H groups in total. The molecule has 0 saturated heterocycles. The van der Waals surface area contributed by atoms with Crippen LogP contribution in [0.1, 0.15) is 290 Å². The minimum absolute atomic E-state index is 0.0865. The molecule has 0 aliphatic rings. The highest BCUT2D eigenvalue weighted by Gasteiger charge is 2.24. The van der Waals surface area contributed by atoms with Crippen molar-refractivity contribution in [3.8, 4) is 0 Å². The van der Waals surface area contributed by atoms with E-state index >= 15 is 0 Å². The van der Waals surface area contributed by atoms with Gasteiger partial charge in [-0.25, -0.2) is 0 Å². The van der Waals surface area contributed by atoms with Crippen LogP contribution in [0.2, 0.25) is 0 Å². The lowest BCUT2D eigenvalue weighted by molar-refractivity contribution is -0.151. The molecule has 57 heavy (non-hydrogen) atoms. The molecule has 0 heterocycles. The summed E-state index contributed by atoms with van der Waals surface area (Å²) in [7, 11) is 0. The maximum absolute atomic E-state index is 13.1. The first-order valence-corrected chi connectivity index (χ1v) is 25.8. The number of unbranched alkanes of at least 4 members (excludes halogenated alkanes) is 35. The number of nitrogens with one attached hydrogen (secondary N) is 1. The van der Waals surface area contributed by atoms with Crippen molar-refractivity contribution in [1.82, 2.24) is 5.32 Å². The molecular formula is C51H101NO5.